The van der Waals surface area contributed by atoms with Crippen molar-refractivity contribution in [3.05, 3.63) is 33.1 Å². The Morgan fingerprint density at radius 2 is 2.10 bits per heavy atom. The summed E-state index contributed by atoms with van der Waals surface area (Å²) in [6.07, 6.45) is 2.00. The van der Waals surface area contributed by atoms with Gasteiger partial charge in [0, 0.05) is 18.7 Å². The molecule has 0 atom stereocenters. The third-order valence-corrected chi connectivity index (χ3v) is 4.42. The highest BCUT2D eigenvalue weighted by atomic mass is 35.5. The lowest BCUT2D eigenvalue weighted by Gasteiger charge is -2.38. The molecule has 0 spiro atoms. The summed E-state index contributed by atoms with van der Waals surface area (Å²) in [5.74, 6) is -0.654. The summed E-state index contributed by atoms with van der Waals surface area (Å²) in [6.45, 7) is 4.71. The summed E-state index contributed by atoms with van der Waals surface area (Å²) in [5.41, 5.74) is 0.0382. The van der Waals surface area contributed by atoms with Crippen LogP contribution in [0.3, 0.4) is 0 Å². The second kappa shape index (κ2) is 6.15. The molecular formula is C14H19ClFN3O2. The molecule has 0 saturated carbocycles. The fourth-order valence-corrected chi connectivity index (χ4v) is 2.63. The molecule has 1 aliphatic rings. The lowest BCUT2D eigenvalue weighted by atomic mass is 9.80. The molecule has 0 bridgehead atoms. The highest BCUT2D eigenvalue weighted by Crippen LogP contribution is 2.34. The Labute approximate surface area is 128 Å². The van der Waals surface area contributed by atoms with E-state index in [1.807, 2.05) is 0 Å². The van der Waals surface area contributed by atoms with E-state index >= 15 is 0 Å². The van der Waals surface area contributed by atoms with Crippen LogP contribution in [0.1, 0.15) is 19.8 Å². The van der Waals surface area contributed by atoms with E-state index in [1.54, 1.807) is 0 Å². The number of rotatable bonds is 4. The fourth-order valence-electron chi connectivity index (χ4n) is 2.47. The number of hydrogen-bond donors (Lipinski definition) is 1. The SMILES string of the molecule is CN1CCC(C)(CNc2cc(F)c(Cl)cc2[N+](=O)[O-])CC1. The molecule has 0 aliphatic carbocycles. The van der Waals surface area contributed by atoms with Crippen molar-refractivity contribution < 1.29 is 9.31 Å². The van der Waals surface area contributed by atoms with E-state index < -0.39 is 10.7 Å². The summed E-state index contributed by atoms with van der Waals surface area (Å²) in [7, 11) is 2.08. The first-order chi connectivity index (χ1) is 9.81. The minimum Gasteiger partial charge on any atom is -0.379 e. The van der Waals surface area contributed by atoms with Crippen LogP contribution in [0.15, 0.2) is 12.1 Å². The Kier molecular flexibility index (Phi) is 4.68. The van der Waals surface area contributed by atoms with Crippen molar-refractivity contribution in [2.75, 3.05) is 32.0 Å². The normalized spacial score (nSPS) is 18.5. The first-order valence-electron chi connectivity index (χ1n) is 6.87. The first-order valence-corrected chi connectivity index (χ1v) is 7.24. The van der Waals surface area contributed by atoms with Crippen LogP contribution < -0.4 is 5.32 Å². The van der Waals surface area contributed by atoms with Crippen molar-refractivity contribution in [1.29, 1.82) is 0 Å². The quantitative estimate of drug-likeness (QED) is 0.682. The van der Waals surface area contributed by atoms with E-state index in [9.17, 15) is 14.5 Å². The van der Waals surface area contributed by atoms with Crippen molar-refractivity contribution in [1.82, 2.24) is 4.90 Å². The summed E-state index contributed by atoms with van der Waals surface area (Å²) < 4.78 is 13.5. The van der Waals surface area contributed by atoms with Crippen LogP contribution in [0, 0.1) is 21.3 Å². The van der Waals surface area contributed by atoms with Gasteiger partial charge >= 0.3 is 0 Å². The minimum atomic E-state index is -0.654. The predicted molar refractivity (Wildman–Crippen MR) is 81.4 cm³/mol. The number of halogens is 2. The van der Waals surface area contributed by atoms with E-state index in [2.05, 4.69) is 24.2 Å². The zero-order valence-electron chi connectivity index (χ0n) is 12.2. The van der Waals surface area contributed by atoms with E-state index in [4.69, 9.17) is 11.6 Å². The lowest BCUT2D eigenvalue weighted by molar-refractivity contribution is -0.384. The van der Waals surface area contributed by atoms with E-state index in [0.717, 1.165) is 38.1 Å². The number of piperidine rings is 1. The Balaban J connectivity index is 2.12. The van der Waals surface area contributed by atoms with Gasteiger partial charge in [0.2, 0.25) is 0 Å². The molecule has 1 fully saturated rings. The molecule has 7 heteroatoms. The number of anilines is 1. The summed E-state index contributed by atoms with van der Waals surface area (Å²) in [4.78, 5) is 12.7. The van der Waals surface area contributed by atoms with Crippen LogP contribution in [-0.4, -0.2) is 36.5 Å². The van der Waals surface area contributed by atoms with E-state index in [1.165, 1.54) is 0 Å². The van der Waals surface area contributed by atoms with Crippen molar-refractivity contribution in [2.45, 2.75) is 19.8 Å². The molecule has 21 heavy (non-hydrogen) atoms. The molecule has 2 rings (SSSR count). The van der Waals surface area contributed by atoms with Crippen molar-refractivity contribution in [2.24, 2.45) is 5.41 Å². The van der Waals surface area contributed by atoms with Crippen LogP contribution in [0.25, 0.3) is 0 Å². The Hall–Kier alpha value is -1.40. The Morgan fingerprint density at radius 3 is 2.67 bits per heavy atom. The fraction of sp³-hybridized carbons (Fsp3) is 0.571. The Bertz CT molecular complexity index is 545. The van der Waals surface area contributed by atoms with Crippen LogP contribution >= 0.6 is 11.6 Å². The summed E-state index contributed by atoms with van der Waals surface area (Å²) in [6, 6.07) is 2.15. The number of hydrogen-bond acceptors (Lipinski definition) is 4. The molecule has 1 saturated heterocycles. The van der Waals surface area contributed by atoms with Crippen LogP contribution in [0.5, 0.6) is 0 Å². The number of nitrogens with zero attached hydrogens (tertiary/aromatic N) is 2. The van der Waals surface area contributed by atoms with Crippen molar-refractivity contribution >= 4 is 23.0 Å². The van der Waals surface area contributed by atoms with Crippen molar-refractivity contribution in [3.8, 4) is 0 Å². The summed E-state index contributed by atoms with van der Waals surface area (Å²) >= 11 is 5.61. The van der Waals surface area contributed by atoms with Gasteiger partial charge in [0.05, 0.1) is 9.95 Å². The molecule has 1 aliphatic heterocycles. The van der Waals surface area contributed by atoms with Crippen LogP contribution in [-0.2, 0) is 0 Å². The van der Waals surface area contributed by atoms with Gasteiger partial charge in [-0.3, -0.25) is 10.1 Å². The predicted octanol–water partition coefficient (Wildman–Crippen LogP) is 3.53. The minimum absolute atomic E-state index is 0.0521. The zero-order chi connectivity index (χ0) is 15.6. The van der Waals surface area contributed by atoms with Crippen molar-refractivity contribution in [3.63, 3.8) is 0 Å². The second-order valence-electron chi connectivity index (χ2n) is 6.01. The van der Waals surface area contributed by atoms with E-state index in [0.29, 0.717) is 6.54 Å². The largest absolute Gasteiger partial charge is 0.379 e. The molecule has 0 unspecified atom stereocenters. The molecule has 0 amide bonds. The van der Waals surface area contributed by atoms with Gasteiger partial charge in [-0.15, -0.1) is 0 Å². The maximum atomic E-state index is 13.5. The molecule has 1 N–H and O–H groups in total. The maximum absolute atomic E-state index is 13.5. The van der Waals surface area contributed by atoms with Gasteiger partial charge in [0.1, 0.15) is 11.5 Å². The maximum Gasteiger partial charge on any atom is 0.294 e. The molecule has 116 valence electrons. The van der Waals surface area contributed by atoms with Gasteiger partial charge in [0.25, 0.3) is 5.69 Å². The molecule has 1 heterocycles. The van der Waals surface area contributed by atoms with Crippen LogP contribution in [0.4, 0.5) is 15.8 Å². The van der Waals surface area contributed by atoms with Gasteiger partial charge in [-0.2, -0.15) is 0 Å². The lowest BCUT2D eigenvalue weighted by Crippen LogP contribution is -2.40. The third-order valence-electron chi connectivity index (χ3n) is 4.14. The first kappa shape index (κ1) is 16.0. The molecular weight excluding hydrogens is 297 g/mol. The average Bonchev–Trinajstić information content (AvgIpc) is 2.43. The number of benzene rings is 1. The number of nitro benzene ring substituents is 1. The molecule has 5 nitrogen and oxygen atoms in total. The smallest absolute Gasteiger partial charge is 0.294 e. The monoisotopic (exact) mass is 315 g/mol. The Morgan fingerprint density at radius 1 is 1.48 bits per heavy atom. The standard InChI is InChI=1S/C14H19ClFN3O2/c1-14(3-5-18(2)6-4-14)9-17-12-8-11(16)10(15)7-13(12)19(20)21/h7-8,17H,3-6,9H2,1-2H3. The third kappa shape index (κ3) is 3.83. The van der Waals surface area contributed by atoms with Gasteiger partial charge < -0.3 is 10.2 Å². The van der Waals surface area contributed by atoms with Gasteiger partial charge in [-0.1, -0.05) is 18.5 Å². The molecule has 1 aromatic carbocycles. The van der Waals surface area contributed by atoms with Gasteiger partial charge in [-0.25, -0.2) is 4.39 Å². The molecule has 1 aromatic rings. The van der Waals surface area contributed by atoms with Crippen LogP contribution in [0.2, 0.25) is 5.02 Å². The topological polar surface area (TPSA) is 58.4 Å². The van der Waals surface area contributed by atoms with E-state index in [-0.39, 0.29) is 21.8 Å². The zero-order valence-corrected chi connectivity index (χ0v) is 12.9. The second-order valence-corrected chi connectivity index (χ2v) is 6.42. The molecule has 0 radical (unpaired) electrons. The van der Waals surface area contributed by atoms with Gasteiger partial charge in [-0.05, 0) is 38.4 Å². The number of likely N-dealkylation sites (tertiary alicyclic amines) is 1. The highest BCUT2D eigenvalue weighted by Gasteiger charge is 2.29. The highest BCUT2D eigenvalue weighted by molar-refractivity contribution is 6.31. The number of nitrogens with one attached hydrogen (secondary N) is 1. The average molecular weight is 316 g/mol. The molecule has 0 aromatic heterocycles. The van der Waals surface area contributed by atoms with Gasteiger partial charge in [0.15, 0.2) is 0 Å². The number of nitro groups is 1. The summed E-state index contributed by atoms with van der Waals surface area (Å²) in [5, 5.41) is 13.8.